The maximum Gasteiger partial charge on any atom is 0.269 e. The minimum absolute atomic E-state index is 0.0559. The van der Waals surface area contributed by atoms with Gasteiger partial charge in [-0.15, -0.1) is 0 Å². The van der Waals surface area contributed by atoms with Crippen LogP contribution in [0.25, 0.3) is 11.4 Å². The first-order chi connectivity index (χ1) is 13.1. The molecule has 2 N–H and O–H groups in total. The third kappa shape index (κ3) is 3.40. The van der Waals surface area contributed by atoms with Crippen molar-refractivity contribution in [2.24, 2.45) is 5.73 Å². The number of aromatic nitrogens is 3. The number of benzene rings is 3. The average Bonchev–Trinajstić information content (AvgIpc) is 3.44. The summed E-state index contributed by atoms with van der Waals surface area (Å²) in [4.78, 5) is 16.3. The summed E-state index contributed by atoms with van der Waals surface area (Å²) in [7, 11) is 0. The second kappa shape index (κ2) is 7.05. The van der Waals surface area contributed by atoms with Crippen LogP contribution >= 0.6 is 22.6 Å². The van der Waals surface area contributed by atoms with E-state index in [-0.39, 0.29) is 11.9 Å². The highest BCUT2D eigenvalue weighted by atomic mass is 127. The number of nitro benzene ring substituents is 1. The van der Waals surface area contributed by atoms with Gasteiger partial charge in [0.2, 0.25) is 0 Å². The van der Waals surface area contributed by atoms with Gasteiger partial charge in [0.15, 0.2) is 0 Å². The lowest BCUT2D eigenvalue weighted by molar-refractivity contribution is -0.384. The van der Waals surface area contributed by atoms with Crippen LogP contribution in [-0.4, -0.2) is 19.3 Å². The number of nitro groups is 1. The standard InChI is InChI=1S/C19H16IN5O2/c20-15-6-8-16(9-7-15)22-23(17-10-12-18(13-11-17)25(26)27)24(22)19(21)14-4-2-1-3-5-14/h1-13,19H,21H2. The van der Waals surface area contributed by atoms with Crippen molar-refractivity contribution in [3.8, 4) is 11.4 Å². The molecule has 0 aliphatic rings. The first kappa shape index (κ1) is 17.6. The largest absolute Gasteiger partial charge is 0.304 e. The van der Waals surface area contributed by atoms with E-state index < -0.39 is 4.92 Å². The first-order valence-electron chi connectivity index (χ1n) is 8.26. The van der Waals surface area contributed by atoms with Crippen molar-refractivity contribution < 1.29 is 4.92 Å². The Labute approximate surface area is 168 Å². The molecule has 136 valence electrons. The zero-order valence-corrected chi connectivity index (χ0v) is 16.3. The number of nitrogens with zero attached hydrogens (tertiary/aromatic N) is 4. The fraction of sp³-hybridized carbons (Fsp3) is 0.0526. The smallest absolute Gasteiger partial charge is 0.269 e. The van der Waals surface area contributed by atoms with Gasteiger partial charge in [0.25, 0.3) is 5.69 Å². The molecule has 0 spiro atoms. The topological polar surface area (TPSA) is 83.9 Å². The predicted molar refractivity (Wildman–Crippen MR) is 111 cm³/mol. The van der Waals surface area contributed by atoms with E-state index in [4.69, 9.17) is 5.73 Å². The van der Waals surface area contributed by atoms with Crippen LogP contribution in [0.1, 0.15) is 11.7 Å². The molecule has 0 bridgehead atoms. The maximum atomic E-state index is 10.9. The Hall–Kier alpha value is -2.85. The monoisotopic (exact) mass is 473 g/mol. The lowest BCUT2D eigenvalue weighted by atomic mass is 10.2. The van der Waals surface area contributed by atoms with E-state index in [9.17, 15) is 10.1 Å². The van der Waals surface area contributed by atoms with Crippen molar-refractivity contribution in [2.45, 2.75) is 6.17 Å². The van der Waals surface area contributed by atoms with E-state index in [1.54, 1.807) is 12.1 Å². The highest BCUT2D eigenvalue weighted by molar-refractivity contribution is 14.1. The minimum atomic E-state index is -0.406. The number of non-ortho nitro benzene ring substituents is 1. The Morgan fingerprint density at radius 3 is 1.89 bits per heavy atom. The summed E-state index contributed by atoms with van der Waals surface area (Å²) in [6.45, 7) is 0. The molecule has 0 fully saturated rings. The molecule has 4 aromatic rings. The molecule has 0 amide bonds. The third-order valence-corrected chi connectivity index (χ3v) is 5.00. The molecule has 0 saturated carbocycles. The lowest BCUT2D eigenvalue weighted by Crippen LogP contribution is -2.18. The Balaban J connectivity index is 1.78. The highest BCUT2D eigenvalue weighted by Gasteiger charge is 2.27. The van der Waals surface area contributed by atoms with E-state index >= 15 is 0 Å². The average molecular weight is 473 g/mol. The van der Waals surface area contributed by atoms with Crippen molar-refractivity contribution in [1.82, 2.24) is 14.4 Å². The summed E-state index contributed by atoms with van der Waals surface area (Å²) in [6.07, 6.45) is -0.388. The molecule has 1 atom stereocenters. The van der Waals surface area contributed by atoms with Crippen LogP contribution in [0.15, 0.2) is 78.9 Å². The van der Waals surface area contributed by atoms with Crippen LogP contribution < -0.4 is 5.73 Å². The van der Waals surface area contributed by atoms with Gasteiger partial charge in [-0.2, -0.15) is 14.4 Å². The molecule has 0 radical (unpaired) electrons. The van der Waals surface area contributed by atoms with Gasteiger partial charge in [-0.05, 0) is 64.6 Å². The molecule has 0 saturated heterocycles. The van der Waals surface area contributed by atoms with Crippen molar-refractivity contribution in [3.05, 3.63) is 98.1 Å². The Bertz CT molecular complexity index is 1060. The van der Waals surface area contributed by atoms with Crippen LogP contribution in [-0.2, 0) is 0 Å². The Morgan fingerprint density at radius 1 is 0.852 bits per heavy atom. The van der Waals surface area contributed by atoms with Crippen LogP contribution in [0.5, 0.6) is 0 Å². The molecule has 1 heterocycles. The molecule has 0 aliphatic heterocycles. The number of hydrogen-bond acceptors (Lipinski definition) is 3. The van der Waals surface area contributed by atoms with Crippen molar-refractivity contribution in [2.75, 3.05) is 0 Å². The van der Waals surface area contributed by atoms with E-state index in [2.05, 4.69) is 22.6 Å². The molecule has 1 unspecified atom stereocenters. The Kier molecular flexibility index (Phi) is 4.58. The van der Waals surface area contributed by atoms with E-state index in [0.717, 1.165) is 20.5 Å². The summed E-state index contributed by atoms with van der Waals surface area (Å²) in [5, 5.41) is 10.9. The summed E-state index contributed by atoms with van der Waals surface area (Å²) in [6, 6.07) is 24.3. The van der Waals surface area contributed by atoms with Gasteiger partial charge in [-0.3, -0.25) is 10.1 Å². The normalized spacial score (nSPS) is 12.2. The fourth-order valence-corrected chi connectivity index (χ4v) is 3.25. The van der Waals surface area contributed by atoms with Gasteiger partial charge in [-0.25, -0.2) is 0 Å². The number of halogens is 1. The van der Waals surface area contributed by atoms with Gasteiger partial charge in [0.05, 0.1) is 16.3 Å². The molecule has 8 heteroatoms. The van der Waals surface area contributed by atoms with Crippen LogP contribution in [0.4, 0.5) is 5.69 Å². The number of hydrogen-bond donors (Lipinski definition) is 1. The summed E-state index contributed by atoms with van der Waals surface area (Å²) < 4.78 is 1.14. The number of rotatable bonds is 5. The van der Waals surface area contributed by atoms with Crippen LogP contribution in [0.2, 0.25) is 0 Å². The molecule has 27 heavy (non-hydrogen) atoms. The molecule has 4 rings (SSSR count). The summed E-state index contributed by atoms with van der Waals surface area (Å²) in [5.74, 6) is 0. The maximum absolute atomic E-state index is 10.9. The van der Waals surface area contributed by atoms with E-state index in [1.165, 1.54) is 12.1 Å². The molecular weight excluding hydrogens is 457 g/mol. The summed E-state index contributed by atoms with van der Waals surface area (Å²) >= 11 is 2.26. The second-order valence-corrected chi connectivity index (χ2v) is 7.25. The van der Waals surface area contributed by atoms with Crippen molar-refractivity contribution >= 4 is 28.3 Å². The first-order valence-corrected chi connectivity index (χ1v) is 9.34. The quantitative estimate of drug-likeness (QED) is 0.269. The van der Waals surface area contributed by atoms with Gasteiger partial charge in [-0.1, -0.05) is 30.3 Å². The zero-order chi connectivity index (χ0) is 19.0. The van der Waals surface area contributed by atoms with Crippen LogP contribution in [0.3, 0.4) is 0 Å². The van der Waals surface area contributed by atoms with Gasteiger partial charge in [0, 0.05) is 15.7 Å². The fourth-order valence-electron chi connectivity index (χ4n) is 2.89. The zero-order valence-electron chi connectivity index (χ0n) is 14.1. The van der Waals surface area contributed by atoms with Crippen molar-refractivity contribution in [1.29, 1.82) is 0 Å². The Morgan fingerprint density at radius 2 is 1.37 bits per heavy atom. The molecule has 7 nitrogen and oxygen atoms in total. The lowest BCUT2D eigenvalue weighted by Gasteiger charge is -2.07. The van der Waals surface area contributed by atoms with Crippen LogP contribution in [0, 0.1) is 13.7 Å². The molecule has 1 aromatic heterocycles. The van der Waals surface area contributed by atoms with Gasteiger partial charge in [0.1, 0.15) is 6.17 Å². The second-order valence-electron chi connectivity index (χ2n) is 6.00. The number of nitrogens with two attached hydrogens (primary N) is 1. The minimum Gasteiger partial charge on any atom is -0.304 e. The molecule has 0 aliphatic carbocycles. The molecular formula is C19H16IN5O2. The van der Waals surface area contributed by atoms with Gasteiger partial charge < -0.3 is 5.73 Å². The summed E-state index contributed by atoms with van der Waals surface area (Å²) in [5.41, 5.74) is 9.28. The molecule has 3 aromatic carbocycles. The SMILES string of the molecule is NC(c1ccccc1)n1n(-c2ccc(I)cc2)n1-c1ccc([N+](=O)[O-])cc1. The van der Waals surface area contributed by atoms with Crippen molar-refractivity contribution in [3.63, 3.8) is 0 Å². The predicted octanol–water partition coefficient (Wildman–Crippen LogP) is 4.09. The van der Waals surface area contributed by atoms with Gasteiger partial charge >= 0.3 is 0 Å². The third-order valence-electron chi connectivity index (χ3n) is 4.28. The van der Waals surface area contributed by atoms with E-state index in [1.807, 2.05) is 69.0 Å². The van der Waals surface area contributed by atoms with E-state index in [0.29, 0.717) is 0 Å². The highest BCUT2D eigenvalue weighted by Crippen LogP contribution is 2.26.